The maximum absolute atomic E-state index is 11.7. The van der Waals surface area contributed by atoms with Gasteiger partial charge in [-0.15, -0.1) is 0 Å². The maximum atomic E-state index is 11.7. The Labute approximate surface area is 301 Å². The van der Waals surface area contributed by atoms with Gasteiger partial charge in [0.2, 0.25) is 0 Å². The monoisotopic (exact) mass is 720 g/mol. The van der Waals surface area contributed by atoms with Crippen LogP contribution in [-0.4, -0.2) is 126 Å². The van der Waals surface area contributed by atoms with Gasteiger partial charge in [0.1, 0.15) is 19.8 Å². The van der Waals surface area contributed by atoms with Crippen LogP contribution < -0.4 is 15.3 Å². The molecule has 0 fully saturated rings. The molecule has 0 rings (SSSR count). The van der Waals surface area contributed by atoms with Crippen molar-refractivity contribution in [2.24, 2.45) is 0 Å². The van der Waals surface area contributed by atoms with Gasteiger partial charge in [0.05, 0.1) is 54.5 Å². The summed E-state index contributed by atoms with van der Waals surface area (Å²) in [5.74, 6) is -6.56. The third-order valence-electron chi connectivity index (χ3n) is 5.82. The fraction of sp³-hybridized carbons (Fsp3) is 0.818. The fourth-order valence-corrected chi connectivity index (χ4v) is 3.24. The third kappa shape index (κ3) is 21.5. The Kier molecular flexibility index (Phi) is 27.1. The van der Waals surface area contributed by atoms with Gasteiger partial charge in [-0.2, -0.15) is 0 Å². The molecule has 0 aromatic rings. The Bertz CT molecular complexity index is 913. The second kappa shape index (κ2) is 24.8. The number of ketones is 3. The van der Waals surface area contributed by atoms with Gasteiger partial charge in [0.15, 0.2) is 34.2 Å². The standard InChI is InChI=1S/3C11H20O5.Al/c3*1-7(2)15-6-9(12)11(5,10(13)14)16-8(3)4;/h3*7-8H,6H2,1-5H3,(H,13,14);/q;;;+3/p-3. The quantitative estimate of drug-likeness (QED) is 0.106. The Hall–Kier alpha value is -2.29. The number of carbonyl (C=O) groups excluding carboxylic acids is 6. The Morgan fingerprint density at radius 2 is 0.571 bits per heavy atom. The van der Waals surface area contributed by atoms with Gasteiger partial charge in [-0.05, 0) is 104 Å². The molecule has 0 aliphatic rings. The predicted molar refractivity (Wildman–Crippen MR) is 173 cm³/mol. The Morgan fingerprint density at radius 3 is 0.673 bits per heavy atom. The van der Waals surface area contributed by atoms with Gasteiger partial charge in [-0.1, -0.05) is 0 Å². The number of carboxylic acids is 3. The summed E-state index contributed by atoms with van der Waals surface area (Å²) >= 11 is 0. The van der Waals surface area contributed by atoms with Gasteiger partial charge in [0, 0.05) is 0 Å². The second-order valence-corrected chi connectivity index (χ2v) is 12.8. The summed E-state index contributed by atoms with van der Waals surface area (Å²) in [5.41, 5.74) is -5.82. The van der Waals surface area contributed by atoms with Crippen LogP contribution in [0, 0.1) is 0 Å². The van der Waals surface area contributed by atoms with E-state index in [0.717, 1.165) is 0 Å². The second-order valence-electron chi connectivity index (χ2n) is 12.8. The van der Waals surface area contributed by atoms with Crippen molar-refractivity contribution in [1.29, 1.82) is 0 Å². The molecule has 3 unspecified atom stereocenters. The molecule has 0 radical (unpaired) electrons. The molecule has 0 saturated heterocycles. The first-order chi connectivity index (χ1) is 21.6. The first kappa shape index (κ1) is 53.5. The number of ether oxygens (including phenoxy) is 6. The van der Waals surface area contributed by atoms with Crippen molar-refractivity contribution in [2.45, 2.75) is 157 Å². The molecule has 15 nitrogen and oxygen atoms in total. The summed E-state index contributed by atoms with van der Waals surface area (Å²) in [6.07, 6.45) is -1.58. The van der Waals surface area contributed by atoms with Crippen molar-refractivity contribution in [3.8, 4) is 0 Å². The predicted octanol–water partition coefficient (Wildman–Crippen LogP) is -0.638. The molecular formula is C33H57AlO15. The van der Waals surface area contributed by atoms with Gasteiger partial charge >= 0.3 is 17.4 Å². The minimum Gasteiger partial charge on any atom is -0.547 e. The molecule has 282 valence electrons. The molecule has 0 aliphatic heterocycles. The van der Waals surface area contributed by atoms with E-state index in [-0.39, 0.29) is 73.8 Å². The molecule has 0 N–H and O–H groups in total. The molecule has 0 amide bonds. The average molecular weight is 721 g/mol. The van der Waals surface area contributed by atoms with Crippen molar-refractivity contribution < 1.29 is 72.5 Å². The van der Waals surface area contributed by atoms with Crippen LogP contribution in [0.3, 0.4) is 0 Å². The van der Waals surface area contributed by atoms with Crippen molar-refractivity contribution in [3.05, 3.63) is 0 Å². The van der Waals surface area contributed by atoms with Crippen LogP contribution in [-0.2, 0) is 57.2 Å². The minimum atomic E-state index is -1.94. The summed E-state index contributed by atoms with van der Waals surface area (Å²) in [6, 6.07) is 0. The number of aliphatic carboxylic acids is 3. The van der Waals surface area contributed by atoms with Gasteiger partial charge in [-0.3, -0.25) is 14.4 Å². The minimum absolute atomic E-state index is 0. The van der Waals surface area contributed by atoms with Crippen molar-refractivity contribution in [1.82, 2.24) is 0 Å². The van der Waals surface area contributed by atoms with E-state index >= 15 is 0 Å². The average Bonchev–Trinajstić information content (AvgIpc) is 2.92. The van der Waals surface area contributed by atoms with Crippen molar-refractivity contribution >= 4 is 52.6 Å². The summed E-state index contributed by atoms with van der Waals surface area (Å²) in [5, 5.41) is 32.8. The number of Topliss-reactive ketones (excluding diaryl/α,β-unsaturated/α-hetero) is 3. The molecule has 0 aliphatic carbocycles. The van der Waals surface area contributed by atoms with E-state index in [1.165, 1.54) is 20.8 Å². The van der Waals surface area contributed by atoms with Crippen LogP contribution in [0.2, 0.25) is 0 Å². The van der Waals surface area contributed by atoms with Crippen LogP contribution in [0.4, 0.5) is 0 Å². The molecule has 0 spiro atoms. The zero-order chi connectivity index (χ0) is 38.8. The normalized spacial score (nSPS) is 14.9. The fourth-order valence-electron chi connectivity index (χ4n) is 3.24. The van der Waals surface area contributed by atoms with E-state index in [4.69, 9.17) is 28.4 Å². The number of hydrogen-bond donors (Lipinski definition) is 0. The van der Waals surface area contributed by atoms with E-state index in [0.29, 0.717) is 0 Å². The zero-order valence-electron chi connectivity index (χ0n) is 31.8. The summed E-state index contributed by atoms with van der Waals surface area (Å²) < 4.78 is 30.5. The summed E-state index contributed by atoms with van der Waals surface area (Å²) in [7, 11) is 0. The van der Waals surface area contributed by atoms with Gasteiger partial charge in [0.25, 0.3) is 0 Å². The van der Waals surface area contributed by atoms with Crippen LogP contribution >= 0.6 is 0 Å². The van der Waals surface area contributed by atoms with E-state index in [2.05, 4.69) is 0 Å². The van der Waals surface area contributed by atoms with E-state index in [1.54, 1.807) is 83.1 Å². The van der Waals surface area contributed by atoms with Crippen molar-refractivity contribution in [2.75, 3.05) is 19.8 Å². The molecule has 0 saturated carbocycles. The van der Waals surface area contributed by atoms with E-state index < -0.39 is 52.1 Å². The number of hydrogen-bond acceptors (Lipinski definition) is 15. The van der Waals surface area contributed by atoms with Crippen LogP contribution in [0.5, 0.6) is 0 Å². The molecular weight excluding hydrogens is 663 g/mol. The van der Waals surface area contributed by atoms with E-state index in [1.807, 2.05) is 0 Å². The third-order valence-corrected chi connectivity index (χ3v) is 5.82. The molecule has 16 heteroatoms. The van der Waals surface area contributed by atoms with Crippen LogP contribution in [0.1, 0.15) is 104 Å². The topological polar surface area (TPSA) is 227 Å². The molecule has 0 aromatic heterocycles. The Morgan fingerprint density at radius 1 is 0.408 bits per heavy atom. The maximum Gasteiger partial charge on any atom is 3.00 e. The molecule has 3 atom stereocenters. The van der Waals surface area contributed by atoms with Crippen molar-refractivity contribution in [3.63, 3.8) is 0 Å². The first-order valence-corrected chi connectivity index (χ1v) is 15.7. The molecule has 0 bridgehead atoms. The van der Waals surface area contributed by atoms with Crippen LogP contribution in [0.15, 0.2) is 0 Å². The smallest absolute Gasteiger partial charge is 0.547 e. The van der Waals surface area contributed by atoms with Crippen LogP contribution in [0.25, 0.3) is 0 Å². The van der Waals surface area contributed by atoms with E-state index in [9.17, 15) is 44.1 Å². The van der Waals surface area contributed by atoms with Gasteiger partial charge in [-0.25, -0.2) is 0 Å². The summed E-state index contributed by atoms with van der Waals surface area (Å²) in [6.45, 7) is 23.1. The number of carbonyl (C=O) groups is 6. The number of rotatable bonds is 21. The largest absolute Gasteiger partial charge is 3.00 e. The first-order valence-electron chi connectivity index (χ1n) is 15.7. The molecule has 49 heavy (non-hydrogen) atoms. The zero-order valence-corrected chi connectivity index (χ0v) is 32.9. The SMILES string of the molecule is CC(C)OCC(=O)C(C)(OC(C)C)C(=O)[O-].CC(C)OCC(=O)C(C)(OC(C)C)C(=O)[O-].CC(C)OCC(=O)C(C)(OC(C)C)C(=O)[O-].[Al+3]. The molecule has 0 aromatic carbocycles. The molecule has 0 heterocycles. The Balaban J connectivity index is -0.000000307. The number of carboxylic acid groups (broad SMARTS) is 3. The summed E-state index contributed by atoms with van der Waals surface area (Å²) in [4.78, 5) is 67.8. The van der Waals surface area contributed by atoms with Gasteiger partial charge < -0.3 is 58.1 Å².